The molecule has 2 N–H and O–H groups in total. The number of aromatic nitrogens is 1. The Kier molecular flexibility index (Phi) is 5.92. The lowest BCUT2D eigenvalue weighted by Crippen LogP contribution is -2.13. The van der Waals surface area contributed by atoms with E-state index in [0.29, 0.717) is 23.6 Å². The summed E-state index contributed by atoms with van der Waals surface area (Å²) in [4.78, 5) is 23.7. The number of carboxylic acid groups (broad SMARTS) is 1. The molecule has 0 saturated heterocycles. The summed E-state index contributed by atoms with van der Waals surface area (Å²) in [5.74, 6) is -1.30. The molecule has 0 bridgehead atoms. The molecule has 0 aliphatic rings. The normalized spacial score (nSPS) is 11.3. The number of carboxylic acids is 1. The van der Waals surface area contributed by atoms with E-state index in [0.717, 1.165) is 15.4 Å². The zero-order valence-electron chi connectivity index (χ0n) is 16.6. The number of anilines is 1. The lowest BCUT2D eigenvalue weighted by atomic mass is 10.1. The summed E-state index contributed by atoms with van der Waals surface area (Å²) in [5, 5.41) is 22.2. The number of hydrogen-bond donors (Lipinski definition) is 2. The zero-order chi connectivity index (χ0) is 22.7. The van der Waals surface area contributed by atoms with Gasteiger partial charge in [-0.05, 0) is 42.5 Å². The Hall–Kier alpha value is -4.09. The molecule has 0 fully saturated rings. The van der Waals surface area contributed by atoms with Crippen molar-refractivity contribution in [2.45, 2.75) is 6.54 Å². The molecule has 2 heterocycles. The highest BCUT2D eigenvalue weighted by molar-refractivity contribution is 9.10. The van der Waals surface area contributed by atoms with Crippen LogP contribution in [0.15, 0.2) is 81.3 Å². The molecule has 4 aromatic rings. The van der Waals surface area contributed by atoms with Gasteiger partial charge in [0.2, 0.25) is 5.76 Å². The second kappa shape index (κ2) is 8.96. The predicted molar refractivity (Wildman–Crippen MR) is 123 cm³/mol. The minimum atomic E-state index is -1.13. The third-order valence-corrected chi connectivity index (χ3v) is 5.26. The van der Waals surface area contributed by atoms with E-state index < -0.39 is 11.9 Å². The van der Waals surface area contributed by atoms with Crippen molar-refractivity contribution in [3.63, 3.8) is 0 Å². The number of aromatic carboxylic acids is 1. The molecule has 7 nitrogen and oxygen atoms in total. The van der Waals surface area contributed by atoms with Gasteiger partial charge in [0, 0.05) is 32.8 Å². The Morgan fingerprint density at radius 3 is 2.69 bits per heavy atom. The van der Waals surface area contributed by atoms with Crippen LogP contribution in [0.1, 0.15) is 21.9 Å². The molecule has 0 aliphatic carbocycles. The molecule has 0 saturated carbocycles. The van der Waals surface area contributed by atoms with Crippen LogP contribution in [0.2, 0.25) is 0 Å². The fourth-order valence-electron chi connectivity index (χ4n) is 3.34. The maximum absolute atomic E-state index is 12.7. The molecule has 0 atom stereocenters. The van der Waals surface area contributed by atoms with Crippen LogP contribution in [-0.4, -0.2) is 21.6 Å². The molecular formula is C24H16BrN3O4. The quantitative estimate of drug-likeness (QED) is 0.282. The maximum Gasteiger partial charge on any atom is 0.371 e. The molecular weight excluding hydrogens is 474 g/mol. The van der Waals surface area contributed by atoms with Gasteiger partial charge in [0.1, 0.15) is 17.4 Å². The Bertz CT molecular complexity index is 1410. The van der Waals surface area contributed by atoms with Gasteiger partial charge in [0.05, 0.1) is 6.54 Å². The predicted octanol–water partition coefficient (Wildman–Crippen LogP) is 5.29. The van der Waals surface area contributed by atoms with Crippen LogP contribution in [0.5, 0.6) is 0 Å². The first-order valence-corrected chi connectivity index (χ1v) is 10.3. The van der Waals surface area contributed by atoms with Crippen molar-refractivity contribution >= 4 is 50.5 Å². The summed E-state index contributed by atoms with van der Waals surface area (Å²) in [6, 6.07) is 19.6. The van der Waals surface area contributed by atoms with E-state index >= 15 is 0 Å². The summed E-state index contributed by atoms with van der Waals surface area (Å²) >= 11 is 3.35. The SMILES string of the molecule is N#C/C(=C/c1cn(Cc2ccc(C(=O)O)o2)c2ccccc12)C(=O)Nc1cccc(Br)c1. The number of para-hydroxylation sites is 1. The van der Waals surface area contributed by atoms with E-state index in [2.05, 4.69) is 21.2 Å². The third kappa shape index (κ3) is 4.48. The van der Waals surface area contributed by atoms with Gasteiger partial charge in [-0.15, -0.1) is 0 Å². The van der Waals surface area contributed by atoms with Crippen molar-refractivity contribution in [1.29, 1.82) is 5.26 Å². The van der Waals surface area contributed by atoms with Crippen LogP contribution in [-0.2, 0) is 11.3 Å². The number of nitriles is 1. The fourth-order valence-corrected chi connectivity index (χ4v) is 3.73. The van der Waals surface area contributed by atoms with Crippen molar-refractivity contribution in [2.75, 3.05) is 5.32 Å². The van der Waals surface area contributed by atoms with Gasteiger partial charge in [0.15, 0.2) is 0 Å². The number of halogens is 1. The Morgan fingerprint density at radius 2 is 1.97 bits per heavy atom. The van der Waals surface area contributed by atoms with E-state index in [1.54, 1.807) is 30.5 Å². The van der Waals surface area contributed by atoms with Crippen molar-refractivity contribution < 1.29 is 19.1 Å². The molecule has 1 amide bonds. The van der Waals surface area contributed by atoms with Crippen LogP contribution in [0, 0.1) is 11.3 Å². The average molecular weight is 490 g/mol. The maximum atomic E-state index is 12.7. The number of amides is 1. The highest BCUT2D eigenvalue weighted by atomic mass is 79.9. The van der Waals surface area contributed by atoms with Crippen molar-refractivity contribution in [2.24, 2.45) is 0 Å². The fraction of sp³-hybridized carbons (Fsp3) is 0.0417. The number of nitrogens with one attached hydrogen (secondary N) is 1. The Balaban J connectivity index is 1.67. The number of hydrogen-bond acceptors (Lipinski definition) is 4. The van der Waals surface area contributed by atoms with Gasteiger partial charge in [-0.3, -0.25) is 4.79 Å². The van der Waals surface area contributed by atoms with E-state index in [4.69, 9.17) is 9.52 Å². The Morgan fingerprint density at radius 1 is 1.16 bits per heavy atom. The van der Waals surface area contributed by atoms with Crippen LogP contribution in [0.4, 0.5) is 5.69 Å². The van der Waals surface area contributed by atoms with Gasteiger partial charge in [0.25, 0.3) is 5.91 Å². The highest BCUT2D eigenvalue weighted by Crippen LogP contribution is 2.25. The number of carbonyl (C=O) groups excluding carboxylic acids is 1. The standard InChI is InChI=1S/C24H16BrN3O4/c25-17-4-3-5-18(11-17)27-23(29)15(12-26)10-16-13-28(21-7-2-1-6-20(16)21)14-19-8-9-22(32-19)24(30)31/h1-11,13H,14H2,(H,27,29)(H,30,31)/b15-10-. The topological polar surface area (TPSA) is 108 Å². The summed E-state index contributed by atoms with van der Waals surface area (Å²) in [5.41, 5.74) is 2.07. The number of rotatable bonds is 6. The molecule has 32 heavy (non-hydrogen) atoms. The lowest BCUT2D eigenvalue weighted by Gasteiger charge is -2.04. The molecule has 2 aromatic heterocycles. The zero-order valence-corrected chi connectivity index (χ0v) is 18.2. The van der Waals surface area contributed by atoms with Gasteiger partial charge in [-0.2, -0.15) is 5.26 Å². The van der Waals surface area contributed by atoms with Gasteiger partial charge < -0.3 is 19.4 Å². The number of nitrogens with zero attached hydrogens (tertiary/aromatic N) is 2. The summed E-state index contributed by atoms with van der Waals surface area (Å²) in [7, 11) is 0. The van der Waals surface area contributed by atoms with Crippen molar-refractivity contribution in [3.05, 3.63) is 94.0 Å². The van der Waals surface area contributed by atoms with Gasteiger partial charge in [-0.25, -0.2) is 4.79 Å². The number of furan rings is 1. The first-order chi connectivity index (χ1) is 15.4. The monoisotopic (exact) mass is 489 g/mol. The summed E-state index contributed by atoms with van der Waals surface area (Å²) in [6.07, 6.45) is 3.34. The molecule has 0 aliphatic heterocycles. The van der Waals surface area contributed by atoms with E-state index in [9.17, 15) is 14.9 Å². The molecule has 0 spiro atoms. The second-order valence-electron chi connectivity index (χ2n) is 6.93. The molecule has 2 aromatic carbocycles. The lowest BCUT2D eigenvalue weighted by molar-refractivity contribution is -0.112. The number of fused-ring (bicyclic) bond motifs is 1. The highest BCUT2D eigenvalue weighted by Gasteiger charge is 2.15. The average Bonchev–Trinajstić information content (AvgIpc) is 3.38. The molecule has 8 heteroatoms. The smallest absolute Gasteiger partial charge is 0.371 e. The number of benzene rings is 2. The molecule has 0 radical (unpaired) electrons. The summed E-state index contributed by atoms with van der Waals surface area (Å²) in [6.45, 7) is 0.299. The largest absolute Gasteiger partial charge is 0.475 e. The van der Waals surface area contributed by atoms with E-state index in [1.807, 2.05) is 41.0 Å². The first-order valence-electron chi connectivity index (χ1n) is 9.53. The van der Waals surface area contributed by atoms with Gasteiger partial charge >= 0.3 is 5.97 Å². The van der Waals surface area contributed by atoms with Crippen molar-refractivity contribution in [3.8, 4) is 6.07 Å². The first kappa shape index (κ1) is 21.2. The van der Waals surface area contributed by atoms with E-state index in [1.165, 1.54) is 12.1 Å². The molecule has 4 rings (SSSR count). The van der Waals surface area contributed by atoms with Crippen LogP contribution < -0.4 is 5.32 Å². The van der Waals surface area contributed by atoms with Crippen LogP contribution >= 0.6 is 15.9 Å². The van der Waals surface area contributed by atoms with Crippen LogP contribution in [0.25, 0.3) is 17.0 Å². The molecule has 0 unspecified atom stereocenters. The Labute approximate surface area is 191 Å². The number of carbonyl (C=O) groups is 2. The second-order valence-corrected chi connectivity index (χ2v) is 7.85. The van der Waals surface area contributed by atoms with E-state index in [-0.39, 0.29) is 11.3 Å². The van der Waals surface area contributed by atoms with Crippen LogP contribution in [0.3, 0.4) is 0 Å². The minimum absolute atomic E-state index is 0.0426. The third-order valence-electron chi connectivity index (χ3n) is 4.77. The summed E-state index contributed by atoms with van der Waals surface area (Å²) < 4.78 is 8.06. The minimum Gasteiger partial charge on any atom is -0.475 e. The van der Waals surface area contributed by atoms with Crippen molar-refractivity contribution in [1.82, 2.24) is 4.57 Å². The molecule has 158 valence electrons. The van der Waals surface area contributed by atoms with Gasteiger partial charge in [-0.1, -0.05) is 40.2 Å².